The molecule has 27 unspecified atom stereocenters. The summed E-state index contributed by atoms with van der Waals surface area (Å²) in [5.74, 6) is -3.26. The molecule has 27 atom stereocenters. The predicted octanol–water partition coefficient (Wildman–Crippen LogP) is -5.47. The van der Waals surface area contributed by atoms with Crippen molar-refractivity contribution in [3.63, 3.8) is 0 Å². The molecule has 4 aliphatic carbocycles. The fourth-order valence-electron chi connectivity index (χ4n) is 12.4. The number of rotatable bonds is 16. The third-order valence-corrected chi connectivity index (χ3v) is 17.0. The molecule has 0 spiro atoms. The smallest absolute Gasteiger partial charge is 0.330 e. The fourth-order valence-corrected chi connectivity index (χ4v) is 12.4. The first-order valence-corrected chi connectivity index (χ1v) is 26.9. The number of aliphatic hydroxyl groups excluding tert-OH is 14. The maximum absolute atomic E-state index is 13.1. The molecule has 0 aromatic rings. The zero-order valence-corrected chi connectivity index (χ0v) is 42.4. The topological polar surface area (TPSA) is 413 Å². The number of methoxy groups -OCH3 is 1. The van der Waals surface area contributed by atoms with E-state index in [0.29, 0.717) is 57.8 Å². The summed E-state index contributed by atoms with van der Waals surface area (Å²) in [6.45, 7) is -1.99. The number of esters is 2. The molecule has 76 heavy (non-hydrogen) atoms. The molecule has 4 saturated heterocycles. The van der Waals surface area contributed by atoms with E-state index < -0.39 is 197 Å². The van der Waals surface area contributed by atoms with Gasteiger partial charge in [-0.2, -0.15) is 0 Å². The summed E-state index contributed by atoms with van der Waals surface area (Å²) in [6, 6.07) is 0. The van der Waals surface area contributed by atoms with E-state index in [4.69, 9.17) is 47.4 Å². The quantitative estimate of drug-likeness (QED) is 0.0390. The average molecular weight is 1100 g/mol. The minimum atomic E-state index is -2.02. The average Bonchev–Trinajstić information content (AvgIpc) is 3.42. The van der Waals surface area contributed by atoms with Crippen molar-refractivity contribution < 1.29 is 128 Å². The van der Waals surface area contributed by atoms with Crippen LogP contribution in [0.4, 0.5) is 0 Å². The first kappa shape index (κ1) is 59.9. The van der Waals surface area contributed by atoms with Crippen LogP contribution in [0.25, 0.3) is 0 Å². The molecule has 0 aromatic heterocycles. The van der Waals surface area contributed by atoms with Gasteiger partial charge in [0.05, 0.1) is 61.2 Å². The highest BCUT2D eigenvalue weighted by atomic mass is 16.8. The SMILES string of the molecule is COC1CC(C2[OH+]C3CC(O)CC(OC4OC(CO)C(O)C(O)C4O)C3CC2OC2OC(COC(=O)C=CC3CCC(O)C(O)C3)C(O)C(O)C2OC2OC(COC(=O)C3CCC(O)CC3)C(O)C(O)C2O)CCC1O. The second-order valence-corrected chi connectivity index (χ2v) is 22.2. The van der Waals surface area contributed by atoms with Gasteiger partial charge in [0.25, 0.3) is 0 Å². The third-order valence-electron chi connectivity index (χ3n) is 17.0. The number of carbonyl (C=O) groups excluding carboxylic acids is 2. The minimum absolute atomic E-state index is 0.0163. The molecule has 0 radical (unpaired) electrons. The molecule has 4 saturated carbocycles. The van der Waals surface area contributed by atoms with Gasteiger partial charge in [0.2, 0.25) is 0 Å². The van der Waals surface area contributed by atoms with Crippen LogP contribution in [0.3, 0.4) is 0 Å². The van der Waals surface area contributed by atoms with Crippen molar-refractivity contribution in [2.75, 3.05) is 26.9 Å². The number of allylic oxidation sites excluding steroid dienone is 1. The predicted molar refractivity (Wildman–Crippen MR) is 251 cm³/mol. The van der Waals surface area contributed by atoms with Crippen LogP contribution in [-0.2, 0) is 52.2 Å². The molecule has 8 rings (SSSR count). The molecular weight excluding hydrogens is 1020 g/mol. The van der Waals surface area contributed by atoms with Crippen molar-refractivity contribution in [2.24, 2.45) is 23.7 Å². The van der Waals surface area contributed by atoms with Gasteiger partial charge in [-0.3, -0.25) is 4.79 Å². The van der Waals surface area contributed by atoms with Crippen molar-refractivity contribution in [3.05, 3.63) is 12.2 Å². The van der Waals surface area contributed by atoms with Crippen molar-refractivity contribution in [3.8, 4) is 0 Å². The summed E-state index contributed by atoms with van der Waals surface area (Å²) < 4.78 is 59.2. The Bertz CT molecular complexity index is 1870. The standard InChI is InChI=1S/C50H80O26/c1-67-31-13-22(6-10-27(31)55)45-32(16-25-29(70-45)14-24(53)15-30(25)71-48-43(64)40(61)37(58)33(17-51)73-48)72-50-46(42(63)39(60)34(75-50)18-68-36(57)11-3-20-2-9-26(54)28(56)12-20)76-49-44(65)41(62)38(59)35(74-49)19-69-47(66)21-4-7-23(52)8-5-21/h3,11,20-35,37-46,48-56,58-65H,2,4-10,12-19H2,1H3/p+1. The van der Waals surface area contributed by atoms with Crippen LogP contribution in [0, 0.1) is 23.7 Å². The number of fused-ring (bicyclic) bond motifs is 1. The maximum Gasteiger partial charge on any atom is 0.330 e. The number of ether oxygens (including phenoxy) is 10. The Kier molecular flexibility index (Phi) is 21.0. The van der Waals surface area contributed by atoms with Crippen molar-refractivity contribution in [1.29, 1.82) is 0 Å². The van der Waals surface area contributed by atoms with Gasteiger partial charge in [-0.25, -0.2) is 4.79 Å². The summed E-state index contributed by atoms with van der Waals surface area (Å²) in [6.07, 6.45) is -28.0. The van der Waals surface area contributed by atoms with E-state index in [1.807, 2.05) is 0 Å². The van der Waals surface area contributed by atoms with Gasteiger partial charge in [-0.15, -0.1) is 0 Å². The minimum Gasteiger partial charge on any atom is -0.463 e. The molecular formula is C50H81O26+. The summed E-state index contributed by atoms with van der Waals surface area (Å²) in [7, 11) is 1.46. The first-order valence-electron chi connectivity index (χ1n) is 26.9. The van der Waals surface area contributed by atoms with Crippen LogP contribution in [0.15, 0.2) is 12.2 Å². The number of hydrogen-bond donors (Lipinski definition) is 14. The van der Waals surface area contributed by atoms with E-state index in [1.165, 1.54) is 13.2 Å². The molecule has 436 valence electrons. The van der Waals surface area contributed by atoms with E-state index in [-0.39, 0.29) is 37.5 Å². The number of carbonyl (C=O) groups is 2. The normalized spacial score (nSPS) is 49.4. The van der Waals surface area contributed by atoms with Gasteiger partial charge in [0, 0.05) is 31.9 Å². The van der Waals surface area contributed by atoms with Crippen LogP contribution in [-0.4, -0.2) is 268 Å². The van der Waals surface area contributed by atoms with Crippen LogP contribution >= 0.6 is 0 Å². The lowest BCUT2D eigenvalue weighted by atomic mass is 9.72. The Morgan fingerprint density at radius 3 is 1.82 bits per heavy atom. The summed E-state index contributed by atoms with van der Waals surface area (Å²) >= 11 is 0. The van der Waals surface area contributed by atoms with E-state index in [1.54, 1.807) is 0 Å². The molecule has 4 aliphatic heterocycles. The van der Waals surface area contributed by atoms with Crippen LogP contribution in [0.5, 0.6) is 0 Å². The highest BCUT2D eigenvalue weighted by Crippen LogP contribution is 2.45. The Hall–Kier alpha value is -2.20. The Balaban J connectivity index is 1.06. The molecule has 0 aromatic carbocycles. The van der Waals surface area contributed by atoms with Crippen molar-refractivity contribution in [1.82, 2.24) is 0 Å². The van der Waals surface area contributed by atoms with Gasteiger partial charge < -0.3 is 119 Å². The Labute approximate surface area is 438 Å². The Morgan fingerprint density at radius 2 is 1.14 bits per heavy atom. The second-order valence-electron chi connectivity index (χ2n) is 22.2. The van der Waals surface area contributed by atoms with Gasteiger partial charge in [-0.1, -0.05) is 6.08 Å². The van der Waals surface area contributed by atoms with Gasteiger partial charge in [0.15, 0.2) is 31.1 Å². The Morgan fingerprint density at radius 1 is 0.539 bits per heavy atom. The van der Waals surface area contributed by atoms with Gasteiger partial charge in [-0.05, 0) is 76.5 Å². The van der Waals surface area contributed by atoms with E-state index >= 15 is 0 Å². The zero-order chi connectivity index (χ0) is 54.7. The lowest BCUT2D eigenvalue weighted by molar-refractivity contribution is -0.390. The largest absolute Gasteiger partial charge is 0.463 e. The monoisotopic (exact) mass is 1100 g/mol. The van der Waals surface area contributed by atoms with Crippen molar-refractivity contribution in [2.45, 2.75) is 237 Å². The van der Waals surface area contributed by atoms with E-state index in [0.717, 1.165) is 6.08 Å². The first-order chi connectivity index (χ1) is 36.2. The number of aliphatic hydroxyl groups is 16. The van der Waals surface area contributed by atoms with Gasteiger partial charge in [0.1, 0.15) is 92.6 Å². The summed E-state index contributed by atoms with van der Waals surface area (Å²) in [5.41, 5.74) is 0. The second kappa shape index (κ2) is 26.6. The van der Waals surface area contributed by atoms with Crippen LogP contribution in [0.1, 0.15) is 83.5 Å². The molecule has 8 aliphatic rings. The molecule has 0 bridgehead atoms. The summed E-state index contributed by atoms with van der Waals surface area (Å²) in [5, 5.41) is 151. The molecule has 15 N–H and O–H groups in total. The van der Waals surface area contributed by atoms with E-state index in [2.05, 4.69) is 0 Å². The van der Waals surface area contributed by atoms with Crippen LogP contribution < -0.4 is 0 Å². The maximum atomic E-state index is 13.1. The lowest BCUT2D eigenvalue weighted by Gasteiger charge is -2.51. The molecule has 4 heterocycles. The number of hydrogen-bond acceptors (Lipinski definition) is 25. The zero-order valence-electron chi connectivity index (χ0n) is 42.4. The summed E-state index contributed by atoms with van der Waals surface area (Å²) in [4.78, 5) is 26.1. The highest BCUT2D eigenvalue weighted by Gasteiger charge is 2.58. The lowest BCUT2D eigenvalue weighted by Crippen LogP contribution is -2.66. The fraction of sp³-hybridized carbons (Fsp3) is 0.920. The molecule has 8 fully saturated rings. The van der Waals surface area contributed by atoms with Crippen LogP contribution in [0.2, 0.25) is 0 Å². The van der Waals surface area contributed by atoms with E-state index in [9.17, 15) is 81.1 Å². The molecule has 26 heteroatoms. The molecule has 26 nitrogen and oxygen atoms in total. The highest BCUT2D eigenvalue weighted by molar-refractivity contribution is 5.81. The third kappa shape index (κ3) is 13.9. The van der Waals surface area contributed by atoms with Gasteiger partial charge >= 0.3 is 11.9 Å². The molecule has 0 amide bonds. The van der Waals surface area contributed by atoms with Crippen molar-refractivity contribution >= 4 is 11.9 Å².